The Morgan fingerprint density at radius 3 is 1.43 bits per heavy atom. The first kappa shape index (κ1) is 32.6. The summed E-state index contributed by atoms with van der Waals surface area (Å²) in [6, 6.07) is 11.5. The topological polar surface area (TPSA) is 185 Å². The van der Waals surface area contributed by atoms with E-state index >= 15 is 0 Å². The van der Waals surface area contributed by atoms with Gasteiger partial charge in [-0.3, -0.25) is 49.2 Å². The number of amides is 4. The highest BCUT2D eigenvalue weighted by Crippen LogP contribution is 2.42. The number of nitro benzene ring substituents is 2. The molecule has 2 aromatic rings. The van der Waals surface area contributed by atoms with Gasteiger partial charge in [-0.15, -0.1) is 0 Å². The van der Waals surface area contributed by atoms with Gasteiger partial charge in [-0.1, -0.05) is 72.2 Å². The molecule has 0 atom stereocenters. The van der Waals surface area contributed by atoms with Crippen molar-refractivity contribution in [2.24, 2.45) is 0 Å². The highest BCUT2D eigenvalue weighted by Gasteiger charge is 2.41. The predicted octanol–water partition coefficient (Wildman–Crippen LogP) is 4.57. The van der Waals surface area contributed by atoms with Crippen LogP contribution in [-0.2, 0) is 19.2 Å². The molecule has 2 fully saturated rings. The second kappa shape index (κ2) is 14.5. The zero-order chi connectivity index (χ0) is 32.0. The largest absolute Gasteiger partial charge is 0.320 e. The first-order valence-corrected chi connectivity index (χ1v) is 15.3. The molecule has 2 saturated heterocycles. The molecule has 2 heterocycles. The molecule has 228 valence electrons. The molecule has 2 aliphatic rings. The van der Waals surface area contributed by atoms with E-state index in [0.717, 1.165) is 23.5 Å². The number of carbonyl (C=O) groups excluding carboxylic acids is 4. The number of nitrogens with zero attached hydrogens (tertiary/aromatic N) is 4. The molecule has 44 heavy (non-hydrogen) atoms. The molecule has 0 aliphatic carbocycles. The molecule has 18 heteroatoms. The number of nitrogens with one attached hydrogen (secondary N) is 2. The van der Waals surface area contributed by atoms with Gasteiger partial charge in [-0.2, -0.15) is 0 Å². The summed E-state index contributed by atoms with van der Waals surface area (Å²) in [5.41, 5.74) is -0.347. The monoisotopic (exact) mass is 674 g/mol. The fraction of sp³-hybridized carbons (Fsp3) is 0.231. The smallest absolute Gasteiger partial charge is 0.292 e. The van der Waals surface area contributed by atoms with Crippen LogP contribution in [0.3, 0.4) is 0 Å². The maximum Gasteiger partial charge on any atom is 0.292 e. The molecular weight excluding hydrogens is 653 g/mol. The van der Waals surface area contributed by atoms with Gasteiger partial charge < -0.3 is 10.6 Å². The Balaban J connectivity index is 1.29. The van der Waals surface area contributed by atoms with Crippen molar-refractivity contribution in [3.05, 3.63) is 78.6 Å². The molecule has 0 unspecified atom stereocenters. The van der Waals surface area contributed by atoms with E-state index in [2.05, 4.69) is 10.6 Å². The van der Waals surface area contributed by atoms with Crippen molar-refractivity contribution in [3.8, 4) is 0 Å². The van der Waals surface area contributed by atoms with E-state index in [1.165, 1.54) is 46.2 Å². The van der Waals surface area contributed by atoms with E-state index in [4.69, 9.17) is 24.4 Å². The Labute approximate surface area is 268 Å². The van der Waals surface area contributed by atoms with Gasteiger partial charge in [-0.05, 0) is 25.0 Å². The number of thioether (sulfide) groups is 2. The van der Waals surface area contributed by atoms with Gasteiger partial charge in [-0.25, -0.2) is 0 Å². The van der Waals surface area contributed by atoms with E-state index < -0.39 is 33.5 Å². The number of benzene rings is 2. The number of anilines is 2. The normalized spacial score (nSPS) is 16.5. The number of para-hydroxylation sites is 4. The predicted molar refractivity (Wildman–Crippen MR) is 173 cm³/mol. The lowest BCUT2D eigenvalue weighted by molar-refractivity contribution is -0.384. The Bertz CT molecular complexity index is 1510. The molecular formula is C26H22N6O8S4. The Hall–Kier alpha value is -4.26. The van der Waals surface area contributed by atoms with E-state index in [-0.39, 0.29) is 80.0 Å². The summed E-state index contributed by atoms with van der Waals surface area (Å²) in [5.74, 6) is -1.94. The highest BCUT2D eigenvalue weighted by atomic mass is 32.2. The number of thiocarbonyl (C=S) groups is 2. The summed E-state index contributed by atoms with van der Waals surface area (Å²) in [4.78, 5) is 75.0. The molecule has 0 radical (unpaired) electrons. The lowest BCUT2D eigenvalue weighted by atomic mass is 10.2. The average Bonchev–Trinajstić information content (AvgIpc) is 3.42. The Kier molecular flexibility index (Phi) is 10.7. The van der Waals surface area contributed by atoms with Gasteiger partial charge >= 0.3 is 0 Å². The van der Waals surface area contributed by atoms with Crippen LogP contribution in [0.4, 0.5) is 22.7 Å². The molecule has 0 saturated carbocycles. The SMILES string of the molecule is O=C(CCCN1C(=O)/C(=C2/SC(=S)N(CCCC(=O)Nc3ccccc3[N+](=O)[O-])C2=O)SC1=S)Nc1ccccc1[N+](=O)[O-]. The van der Waals surface area contributed by atoms with Crippen molar-refractivity contribution < 1.29 is 29.0 Å². The van der Waals surface area contributed by atoms with Crippen molar-refractivity contribution in [1.29, 1.82) is 0 Å². The minimum Gasteiger partial charge on any atom is -0.320 e. The fourth-order valence-corrected chi connectivity index (χ4v) is 6.93. The Morgan fingerprint density at radius 2 is 1.07 bits per heavy atom. The molecule has 4 amide bonds. The van der Waals surface area contributed by atoms with Crippen LogP contribution in [-0.4, -0.2) is 65.0 Å². The van der Waals surface area contributed by atoms with Crippen LogP contribution in [0.25, 0.3) is 0 Å². The number of nitro groups is 2. The lowest BCUT2D eigenvalue weighted by Gasteiger charge is -2.14. The first-order valence-electron chi connectivity index (χ1n) is 12.9. The second-order valence-electron chi connectivity index (χ2n) is 9.16. The zero-order valence-corrected chi connectivity index (χ0v) is 25.8. The van der Waals surface area contributed by atoms with Crippen LogP contribution < -0.4 is 10.6 Å². The lowest BCUT2D eigenvalue weighted by Crippen LogP contribution is -2.31. The van der Waals surface area contributed by atoms with Gasteiger partial charge in [0, 0.05) is 38.1 Å². The highest BCUT2D eigenvalue weighted by molar-refractivity contribution is 8.29. The summed E-state index contributed by atoms with van der Waals surface area (Å²) >= 11 is 12.6. The van der Waals surface area contributed by atoms with E-state index in [1.807, 2.05) is 0 Å². The third kappa shape index (κ3) is 7.62. The van der Waals surface area contributed by atoms with Crippen molar-refractivity contribution in [2.75, 3.05) is 23.7 Å². The summed E-state index contributed by atoms with van der Waals surface area (Å²) in [7, 11) is 0. The quantitative estimate of drug-likeness (QED) is 0.138. The van der Waals surface area contributed by atoms with Crippen LogP contribution >= 0.6 is 48.0 Å². The maximum absolute atomic E-state index is 13.2. The first-order chi connectivity index (χ1) is 21.0. The van der Waals surface area contributed by atoms with Gasteiger partial charge in [0.05, 0.1) is 19.7 Å². The van der Waals surface area contributed by atoms with E-state index in [9.17, 15) is 39.4 Å². The molecule has 0 bridgehead atoms. The zero-order valence-electron chi connectivity index (χ0n) is 22.5. The van der Waals surface area contributed by atoms with E-state index in [1.54, 1.807) is 12.1 Å². The third-order valence-corrected chi connectivity index (χ3v) is 9.25. The van der Waals surface area contributed by atoms with Gasteiger partial charge in [0.1, 0.15) is 20.0 Å². The van der Waals surface area contributed by atoms with Crippen LogP contribution in [0.1, 0.15) is 25.7 Å². The van der Waals surface area contributed by atoms with Gasteiger partial charge in [0.15, 0.2) is 0 Å². The van der Waals surface area contributed by atoms with Crippen LogP contribution in [0.15, 0.2) is 58.3 Å². The van der Waals surface area contributed by atoms with E-state index in [0.29, 0.717) is 0 Å². The number of rotatable bonds is 12. The molecule has 14 nitrogen and oxygen atoms in total. The molecule has 4 rings (SSSR count). The molecule has 2 aromatic carbocycles. The second-order valence-corrected chi connectivity index (χ2v) is 12.4. The number of hydrogen-bond acceptors (Lipinski definition) is 12. The van der Waals surface area contributed by atoms with Crippen LogP contribution in [0.2, 0.25) is 0 Å². The summed E-state index contributed by atoms with van der Waals surface area (Å²) < 4.78 is 0.419. The summed E-state index contributed by atoms with van der Waals surface area (Å²) in [6.45, 7) is 0.181. The average molecular weight is 675 g/mol. The van der Waals surface area contributed by atoms with Crippen LogP contribution in [0, 0.1) is 20.2 Å². The molecule has 0 aromatic heterocycles. The van der Waals surface area contributed by atoms with Crippen molar-refractivity contribution >= 4 is 103 Å². The molecule has 2 aliphatic heterocycles. The maximum atomic E-state index is 13.2. The Morgan fingerprint density at radius 1 is 0.705 bits per heavy atom. The number of carbonyl (C=O) groups is 4. The number of hydrogen-bond donors (Lipinski definition) is 2. The van der Waals surface area contributed by atoms with Gasteiger partial charge in [0.2, 0.25) is 11.8 Å². The van der Waals surface area contributed by atoms with Crippen molar-refractivity contribution in [1.82, 2.24) is 9.80 Å². The van der Waals surface area contributed by atoms with Crippen molar-refractivity contribution in [2.45, 2.75) is 25.7 Å². The minimum absolute atomic E-state index is 0.0360. The summed E-state index contributed by atoms with van der Waals surface area (Å²) in [5, 5.41) is 27.3. The van der Waals surface area contributed by atoms with Crippen molar-refractivity contribution in [3.63, 3.8) is 0 Å². The van der Waals surface area contributed by atoms with Gasteiger partial charge in [0.25, 0.3) is 23.2 Å². The fourth-order valence-electron chi connectivity index (χ4n) is 4.15. The third-order valence-electron chi connectivity index (χ3n) is 6.23. The molecule has 0 spiro atoms. The minimum atomic E-state index is -0.600. The summed E-state index contributed by atoms with van der Waals surface area (Å²) in [6.07, 6.45) is 0.347. The standard InChI is InChI=1S/C26H22N6O8S4/c33-19(27-15-7-1-3-9-17(15)31(37)38)11-5-13-29-23(35)21(43-25(29)41)22-24(36)30(26(42)44-22)14-6-12-20(34)28-16-8-2-4-10-18(16)32(39)40/h1-4,7-10H,5-6,11-14H2,(H,27,33)(H,28,34)/b22-21-. The van der Waals surface area contributed by atoms with Crippen LogP contribution in [0.5, 0.6) is 0 Å². The molecule has 2 N–H and O–H groups in total.